The van der Waals surface area contributed by atoms with E-state index >= 15 is 0 Å². The van der Waals surface area contributed by atoms with Crippen molar-refractivity contribution in [1.29, 1.82) is 0 Å². The van der Waals surface area contributed by atoms with E-state index < -0.39 is 0 Å². The molecule has 0 bridgehead atoms. The summed E-state index contributed by atoms with van der Waals surface area (Å²) in [5, 5.41) is 2.97. The number of rotatable bonds is 6. The maximum atomic E-state index is 11.6. The monoisotopic (exact) mass is 257 g/mol. The van der Waals surface area contributed by atoms with Crippen molar-refractivity contribution in [1.82, 2.24) is 5.32 Å². The number of amides is 1. The van der Waals surface area contributed by atoms with Gasteiger partial charge in [0, 0.05) is 13.0 Å². The van der Waals surface area contributed by atoms with Crippen molar-refractivity contribution in [2.24, 2.45) is 0 Å². The van der Waals surface area contributed by atoms with Gasteiger partial charge in [0.05, 0.1) is 0 Å². The molecule has 1 rings (SSSR count). The topological polar surface area (TPSA) is 29.1 Å². The van der Waals surface area contributed by atoms with Gasteiger partial charge in [-0.15, -0.1) is 5.73 Å². The first-order valence-electron chi connectivity index (χ1n) is 6.88. The van der Waals surface area contributed by atoms with Crippen LogP contribution in [0.5, 0.6) is 0 Å². The van der Waals surface area contributed by atoms with Gasteiger partial charge in [0.25, 0.3) is 0 Å². The predicted molar refractivity (Wildman–Crippen MR) is 80.8 cm³/mol. The quantitative estimate of drug-likeness (QED) is 0.770. The number of benzene rings is 1. The Morgan fingerprint density at radius 3 is 2.68 bits per heavy atom. The largest absolute Gasteiger partial charge is 0.352 e. The van der Waals surface area contributed by atoms with Gasteiger partial charge in [-0.05, 0) is 42.0 Å². The first-order chi connectivity index (χ1) is 9.13. The SMILES string of the molecule is C=C=C(C)c1cccc(CNC(=O)CCC)c1CC. The van der Waals surface area contributed by atoms with Gasteiger partial charge < -0.3 is 5.32 Å². The third kappa shape index (κ3) is 4.11. The van der Waals surface area contributed by atoms with Crippen LogP contribution in [0.4, 0.5) is 0 Å². The molecule has 0 unspecified atom stereocenters. The molecule has 0 atom stereocenters. The standard InChI is InChI=1S/C17H23NO/c1-5-9-17(19)18-12-14-10-8-11-16(13(4)6-2)15(14)7-3/h8,10-11H,2,5,7,9,12H2,1,3-4H3,(H,18,19). The second kappa shape index (κ2) is 7.60. The molecule has 0 saturated carbocycles. The molecule has 2 nitrogen and oxygen atoms in total. The van der Waals surface area contributed by atoms with Crippen LogP contribution >= 0.6 is 0 Å². The van der Waals surface area contributed by atoms with Crippen LogP contribution in [0, 0.1) is 0 Å². The fourth-order valence-electron chi connectivity index (χ4n) is 2.17. The predicted octanol–water partition coefficient (Wildman–Crippen LogP) is 3.85. The molecule has 1 amide bonds. The molecule has 0 fully saturated rings. The van der Waals surface area contributed by atoms with E-state index in [0.717, 1.165) is 18.4 Å². The molecule has 1 aromatic rings. The summed E-state index contributed by atoms with van der Waals surface area (Å²) in [6, 6.07) is 6.19. The zero-order valence-electron chi connectivity index (χ0n) is 12.2. The highest BCUT2D eigenvalue weighted by Gasteiger charge is 2.08. The average molecular weight is 257 g/mol. The number of carbonyl (C=O) groups excluding carboxylic acids is 1. The van der Waals surface area contributed by atoms with Crippen LogP contribution < -0.4 is 5.32 Å². The Labute approximate surface area is 116 Å². The lowest BCUT2D eigenvalue weighted by Gasteiger charge is -2.14. The van der Waals surface area contributed by atoms with Gasteiger partial charge >= 0.3 is 0 Å². The number of allylic oxidation sites excluding steroid dienone is 1. The highest BCUT2D eigenvalue weighted by Crippen LogP contribution is 2.22. The molecule has 19 heavy (non-hydrogen) atoms. The van der Waals surface area contributed by atoms with E-state index in [2.05, 4.69) is 36.7 Å². The molecule has 0 aromatic heterocycles. The molecule has 1 aromatic carbocycles. The summed E-state index contributed by atoms with van der Waals surface area (Å²) in [7, 11) is 0. The summed E-state index contributed by atoms with van der Waals surface area (Å²) in [6.45, 7) is 10.5. The molecule has 0 aliphatic heterocycles. The summed E-state index contributed by atoms with van der Waals surface area (Å²) >= 11 is 0. The van der Waals surface area contributed by atoms with Crippen molar-refractivity contribution in [2.45, 2.75) is 46.6 Å². The number of hydrogen-bond acceptors (Lipinski definition) is 1. The summed E-state index contributed by atoms with van der Waals surface area (Å²) in [5.41, 5.74) is 7.63. The minimum absolute atomic E-state index is 0.117. The Hall–Kier alpha value is -1.79. The van der Waals surface area contributed by atoms with Crippen LogP contribution in [0.15, 0.2) is 30.5 Å². The molecule has 0 aliphatic carbocycles. The minimum Gasteiger partial charge on any atom is -0.352 e. The molecule has 0 saturated heterocycles. The average Bonchev–Trinajstić information content (AvgIpc) is 2.44. The number of carbonyl (C=O) groups is 1. The Morgan fingerprint density at radius 2 is 2.11 bits per heavy atom. The third-order valence-corrected chi connectivity index (χ3v) is 3.25. The zero-order chi connectivity index (χ0) is 14.3. The normalized spacial score (nSPS) is 9.84. The van der Waals surface area contributed by atoms with E-state index in [0.29, 0.717) is 13.0 Å². The molecule has 0 radical (unpaired) electrons. The van der Waals surface area contributed by atoms with Crippen molar-refractivity contribution >= 4 is 11.5 Å². The lowest BCUT2D eigenvalue weighted by atomic mass is 9.94. The maximum absolute atomic E-state index is 11.6. The van der Waals surface area contributed by atoms with E-state index in [1.807, 2.05) is 19.9 Å². The van der Waals surface area contributed by atoms with Crippen molar-refractivity contribution in [3.05, 3.63) is 47.2 Å². The van der Waals surface area contributed by atoms with Crippen molar-refractivity contribution in [2.75, 3.05) is 0 Å². The van der Waals surface area contributed by atoms with Crippen LogP contribution in [0.2, 0.25) is 0 Å². The number of hydrogen-bond donors (Lipinski definition) is 1. The second-order valence-electron chi connectivity index (χ2n) is 4.63. The van der Waals surface area contributed by atoms with E-state index in [4.69, 9.17) is 0 Å². The molecular weight excluding hydrogens is 234 g/mol. The third-order valence-electron chi connectivity index (χ3n) is 3.25. The molecule has 1 N–H and O–H groups in total. The first kappa shape index (κ1) is 15.3. The Bertz CT molecular complexity index is 496. The summed E-state index contributed by atoms with van der Waals surface area (Å²) in [4.78, 5) is 11.6. The maximum Gasteiger partial charge on any atom is 0.220 e. The molecular formula is C17H23NO. The van der Waals surface area contributed by atoms with Gasteiger partial charge in [0.15, 0.2) is 0 Å². The zero-order valence-corrected chi connectivity index (χ0v) is 12.2. The van der Waals surface area contributed by atoms with Crippen LogP contribution in [-0.2, 0) is 17.8 Å². The highest BCUT2D eigenvalue weighted by atomic mass is 16.1. The van der Waals surface area contributed by atoms with Gasteiger partial charge in [-0.1, -0.05) is 38.6 Å². The van der Waals surface area contributed by atoms with E-state index in [9.17, 15) is 4.79 Å². The fourth-order valence-corrected chi connectivity index (χ4v) is 2.17. The molecule has 102 valence electrons. The van der Waals surface area contributed by atoms with Gasteiger partial charge in [-0.25, -0.2) is 0 Å². The van der Waals surface area contributed by atoms with E-state index in [1.54, 1.807) is 0 Å². The second-order valence-corrected chi connectivity index (χ2v) is 4.63. The molecule has 0 heterocycles. The lowest BCUT2D eigenvalue weighted by molar-refractivity contribution is -0.121. The molecule has 0 aliphatic rings. The smallest absolute Gasteiger partial charge is 0.220 e. The van der Waals surface area contributed by atoms with Crippen molar-refractivity contribution in [3.8, 4) is 0 Å². The van der Waals surface area contributed by atoms with Crippen molar-refractivity contribution < 1.29 is 4.79 Å². The van der Waals surface area contributed by atoms with Crippen LogP contribution in [-0.4, -0.2) is 5.91 Å². The van der Waals surface area contributed by atoms with Gasteiger partial charge in [0.1, 0.15) is 0 Å². The lowest BCUT2D eigenvalue weighted by Crippen LogP contribution is -2.23. The Morgan fingerprint density at radius 1 is 1.37 bits per heavy atom. The Balaban J connectivity index is 2.95. The van der Waals surface area contributed by atoms with Gasteiger partial charge in [0.2, 0.25) is 5.91 Å². The van der Waals surface area contributed by atoms with Gasteiger partial charge in [-0.3, -0.25) is 4.79 Å². The minimum atomic E-state index is 0.117. The van der Waals surface area contributed by atoms with Crippen molar-refractivity contribution in [3.63, 3.8) is 0 Å². The van der Waals surface area contributed by atoms with Crippen LogP contribution in [0.3, 0.4) is 0 Å². The molecule has 2 heteroatoms. The van der Waals surface area contributed by atoms with Crippen LogP contribution in [0.25, 0.3) is 5.57 Å². The summed E-state index contributed by atoms with van der Waals surface area (Å²) in [6.07, 6.45) is 2.41. The van der Waals surface area contributed by atoms with Crippen LogP contribution in [0.1, 0.15) is 50.3 Å². The fraction of sp³-hybridized carbons (Fsp3) is 0.412. The first-order valence-corrected chi connectivity index (χ1v) is 6.88. The summed E-state index contributed by atoms with van der Waals surface area (Å²) < 4.78 is 0. The van der Waals surface area contributed by atoms with Gasteiger partial charge in [-0.2, -0.15) is 0 Å². The van der Waals surface area contributed by atoms with E-state index in [1.165, 1.54) is 16.7 Å². The Kier molecular flexibility index (Phi) is 6.11. The molecule has 0 spiro atoms. The highest BCUT2D eigenvalue weighted by molar-refractivity contribution is 5.76. The van der Waals surface area contributed by atoms with E-state index in [-0.39, 0.29) is 5.91 Å². The summed E-state index contributed by atoms with van der Waals surface area (Å²) in [5.74, 6) is 0.117. The number of nitrogens with one attached hydrogen (secondary N) is 1.